The summed E-state index contributed by atoms with van der Waals surface area (Å²) < 4.78 is 66.8. The van der Waals surface area contributed by atoms with Crippen LogP contribution in [0.1, 0.15) is 25.0 Å². The standard InChI is InChI=1S/C19H17F5N6O3/c20-11-3-10(4-12(21)14(11)22)26-15(31)9-1-2-30(6-9)17(33)16(32)27-18(7-19(23,24)8-18)13-5-25-29-28-13/h3-5,9H,1-2,6-8H2,(H,26,31)(H,27,32)(H,25,28,29)/t9-/m0/s1. The van der Waals surface area contributed by atoms with E-state index in [4.69, 9.17) is 0 Å². The zero-order chi connectivity index (χ0) is 24.0. The summed E-state index contributed by atoms with van der Waals surface area (Å²) in [6.07, 6.45) is -0.108. The second-order valence-corrected chi connectivity index (χ2v) is 8.08. The number of nitrogens with one attached hydrogen (secondary N) is 3. The Hall–Kier alpha value is -3.58. The number of likely N-dealkylation sites (tertiary alicyclic amines) is 1. The zero-order valence-electron chi connectivity index (χ0n) is 16.8. The number of nitrogens with zero attached hydrogens (tertiary/aromatic N) is 3. The summed E-state index contributed by atoms with van der Waals surface area (Å²) >= 11 is 0. The molecule has 1 aliphatic carbocycles. The van der Waals surface area contributed by atoms with E-state index in [0.29, 0.717) is 12.1 Å². The van der Waals surface area contributed by atoms with E-state index in [1.165, 1.54) is 6.20 Å². The first-order valence-electron chi connectivity index (χ1n) is 9.81. The summed E-state index contributed by atoms with van der Waals surface area (Å²) in [4.78, 5) is 38.5. The number of amides is 3. The molecule has 176 valence electrons. The molecular formula is C19H17F5N6O3. The third-order valence-corrected chi connectivity index (χ3v) is 5.67. The third-order valence-electron chi connectivity index (χ3n) is 5.67. The normalized spacial score (nSPS) is 20.8. The molecule has 1 aliphatic heterocycles. The lowest BCUT2D eigenvalue weighted by atomic mass is 9.71. The molecule has 3 N–H and O–H groups in total. The Morgan fingerprint density at radius 2 is 1.79 bits per heavy atom. The Bertz CT molecular complexity index is 1080. The molecule has 1 saturated heterocycles. The van der Waals surface area contributed by atoms with Crippen LogP contribution in [0.15, 0.2) is 18.3 Å². The van der Waals surface area contributed by atoms with Gasteiger partial charge < -0.3 is 15.5 Å². The quantitative estimate of drug-likeness (QED) is 0.354. The van der Waals surface area contributed by atoms with Gasteiger partial charge in [-0.2, -0.15) is 0 Å². The second-order valence-electron chi connectivity index (χ2n) is 8.08. The van der Waals surface area contributed by atoms with Gasteiger partial charge in [-0.25, -0.2) is 22.0 Å². The number of carbonyl (C=O) groups is 3. The summed E-state index contributed by atoms with van der Waals surface area (Å²) in [7, 11) is 0. The van der Waals surface area contributed by atoms with Crippen molar-refractivity contribution in [3.05, 3.63) is 41.5 Å². The monoisotopic (exact) mass is 472 g/mol. The molecule has 1 aromatic carbocycles. The van der Waals surface area contributed by atoms with Gasteiger partial charge in [0.15, 0.2) is 17.5 Å². The molecule has 0 spiro atoms. The molecular weight excluding hydrogens is 455 g/mol. The van der Waals surface area contributed by atoms with Crippen molar-refractivity contribution in [2.45, 2.75) is 30.7 Å². The highest BCUT2D eigenvalue weighted by molar-refractivity contribution is 6.35. The molecule has 3 amide bonds. The highest BCUT2D eigenvalue weighted by Crippen LogP contribution is 2.50. The van der Waals surface area contributed by atoms with Crippen LogP contribution in [0.3, 0.4) is 0 Å². The molecule has 2 heterocycles. The molecule has 9 nitrogen and oxygen atoms in total. The number of benzene rings is 1. The highest BCUT2D eigenvalue weighted by atomic mass is 19.3. The molecule has 4 rings (SSSR count). The van der Waals surface area contributed by atoms with Crippen molar-refractivity contribution in [3.63, 3.8) is 0 Å². The molecule has 14 heteroatoms. The van der Waals surface area contributed by atoms with Crippen LogP contribution in [0.25, 0.3) is 0 Å². The molecule has 2 aliphatic rings. The number of hydrogen-bond acceptors (Lipinski definition) is 5. The molecule has 0 bridgehead atoms. The number of carbonyl (C=O) groups excluding carboxylic acids is 3. The van der Waals surface area contributed by atoms with Crippen molar-refractivity contribution in [3.8, 4) is 0 Å². The van der Waals surface area contributed by atoms with Gasteiger partial charge in [-0.1, -0.05) is 5.21 Å². The van der Waals surface area contributed by atoms with Crippen molar-refractivity contribution in [1.29, 1.82) is 0 Å². The number of rotatable bonds is 4. The van der Waals surface area contributed by atoms with Crippen LogP contribution < -0.4 is 10.6 Å². The van der Waals surface area contributed by atoms with Crippen LogP contribution in [-0.2, 0) is 19.9 Å². The van der Waals surface area contributed by atoms with Crippen molar-refractivity contribution >= 4 is 23.4 Å². The number of aromatic amines is 1. The second kappa shape index (κ2) is 8.08. The van der Waals surface area contributed by atoms with E-state index >= 15 is 0 Å². The number of alkyl halides is 2. The maximum absolute atomic E-state index is 13.6. The van der Waals surface area contributed by atoms with Crippen LogP contribution in [-0.4, -0.2) is 57.0 Å². The lowest BCUT2D eigenvalue weighted by Crippen LogP contribution is -2.62. The SMILES string of the molecule is O=C(NC1(c2c[nH]nn2)CC(F)(F)C1)C(=O)N1CC[C@H](C(=O)Nc2cc(F)c(F)c(F)c2)C1. The van der Waals surface area contributed by atoms with Crippen molar-refractivity contribution in [2.24, 2.45) is 5.92 Å². The minimum absolute atomic E-state index is 0.0175. The zero-order valence-corrected chi connectivity index (χ0v) is 16.8. The fraction of sp³-hybridized carbons (Fsp3) is 0.421. The molecule has 1 saturated carbocycles. The fourth-order valence-corrected chi connectivity index (χ4v) is 4.05. The lowest BCUT2D eigenvalue weighted by molar-refractivity contribution is -0.159. The van der Waals surface area contributed by atoms with E-state index in [9.17, 15) is 36.3 Å². The smallest absolute Gasteiger partial charge is 0.311 e. The number of halogens is 5. The average Bonchev–Trinajstić information content (AvgIpc) is 3.42. The predicted octanol–water partition coefficient (Wildman–Crippen LogP) is 1.45. The predicted molar refractivity (Wildman–Crippen MR) is 100 cm³/mol. The summed E-state index contributed by atoms with van der Waals surface area (Å²) in [6, 6.07) is 1.22. The van der Waals surface area contributed by atoms with Crippen molar-refractivity contribution < 1.29 is 36.3 Å². The molecule has 0 unspecified atom stereocenters. The first-order chi connectivity index (χ1) is 15.5. The third kappa shape index (κ3) is 4.36. The molecule has 1 atom stereocenters. The maximum atomic E-state index is 13.6. The molecule has 2 fully saturated rings. The summed E-state index contributed by atoms with van der Waals surface area (Å²) in [6.45, 7) is -0.166. The van der Waals surface area contributed by atoms with E-state index in [2.05, 4.69) is 26.0 Å². The summed E-state index contributed by atoms with van der Waals surface area (Å²) in [5, 5.41) is 14.0. The van der Waals surface area contributed by atoms with E-state index in [1.807, 2.05) is 0 Å². The fourth-order valence-electron chi connectivity index (χ4n) is 4.05. The van der Waals surface area contributed by atoms with Crippen LogP contribution in [0.4, 0.5) is 27.6 Å². The number of aromatic nitrogens is 3. The Morgan fingerprint density at radius 1 is 1.12 bits per heavy atom. The van der Waals surface area contributed by atoms with Crippen LogP contribution in [0.5, 0.6) is 0 Å². The Labute approximate surface area is 182 Å². The van der Waals surface area contributed by atoms with E-state index in [0.717, 1.165) is 4.90 Å². The average molecular weight is 472 g/mol. The lowest BCUT2D eigenvalue weighted by Gasteiger charge is -2.46. The maximum Gasteiger partial charge on any atom is 0.311 e. The Kier molecular flexibility index (Phi) is 5.54. The van der Waals surface area contributed by atoms with E-state index in [1.54, 1.807) is 0 Å². The Balaban J connectivity index is 1.37. The molecule has 2 aromatic rings. The number of anilines is 1. The Morgan fingerprint density at radius 3 is 2.36 bits per heavy atom. The molecule has 1 aromatic heterocycles. The molecule has 0 radical (unpaired) electrons. The van der Waals surface area contributed by atoms with Gasteiger partial charge in [-0.15, -0.1) is 5.10 Å². The van der Waals surface area contributed by atoms with Crippen LogP contribution >= 0.6 is 0 Å². The highest BCUT2D eigenvalue weighted by Gasteiger charge is 2.60. The summed E-state index contributed by atoms with van der Waals surface area (Å²) in [5.41, 5.74) is -1.79. The minimum Gasteiger partial charge on any atom is -0.336 e. The summed E-state index contributed by atoms with van der Waals surface area (Å²) in [5.74, 6) is -11.3. The number of hydrogen-bond donors (Lipinski definition) is 3. The first-order valence-corrected chi connectivity index (χ1v) is 9.81. The van der Waals surface area contributed by atoms with Gasteiger partial charge in [0, 0.05) is 49.9 Å². The van der Waals surface area contributed by atoms with E-state index in [-0.39, 0.29) is 30.9 Å². The van der Waals surface area contributed by atoms with E-state index < -0.39 is 65.4 Å². The molecule has 33 heavy (non-hydrogen) atoms. The van der Waals surface area contributed by atoms with Gasteiger partial charge in [0.2, 0.25) is 5.91 Å². The minimum atomic E-state index is -3.04. The topological polar surface area (TPSA) is 120 Å². The van der Waals surface area contributed by atoms with Crippen molar-refractivity contribution in [2.75, 3.05) is 18.4 Å². The van der Waals surface area contributed by atoms with Gasteiger partial charge in [0.25, 0.3) is 5.92 Å². The van der Waals surface area contributed by atoms with Gasteiger partial charge in [0.1, 0.15) is 5.69 Å². The van der Waals surface area contributed by atoms with Gasteiger partial charge in [0.05, 0.1) is 11.5 Å². The van der Waals surface area contributed by atoms with Gasteiger partial charge in [-0.3, -0.25) is 19.5 Å². The largest absolute Gasteiger partial charge is 0.336 e. The van der Waals surface area contributed by atoms with Gasteiger partial charge >= 0.3 is 11.8 Å². The first kappa shape index (κ1) is 22.6. The van der Waals surface area contributed by atoms with Gasteiger partial charge in [-0.05, 0) is 6.42 Å². The van der Waals surface area contributed by atoms with Crippen LogP contribution in [0, 0.1) is 23.4 Å². The van der Waals surface area contributed by atoms with Crippen molar-refractivity contribution in [1.82, 2.24) is 25.6 Å². The number of H-pyrrole nitrogens is 1. The van der Waals surface area contributed by atoms with Crippen LogP contribution in [0.2, 0.25) is 0 Å².